The van der Waals surface area contributed by atoms with Gasteiger partial charge in [0.05, 0.1) is 0 Å². The highest BCUT2D eigenvalue weighted by molar-refractivity contribution is 5.57. The SMILES string of the molecule is CCC(=Cc1ccc(N(C)C)cc1)CNC. The van der Waals surface area contributed by atoms with Gasteiger partial charge in [-0.3, -0.25) is 0 Å². The zero-order valence-electron chi connectivity index (χ0n) is 10.7. The van der Waals surface area contributed by atoms with Gasteiger partial charge in [-0.05, 0) is 31.2 Å². The largest absolute Gasteiger partial charge is 0.378 e. The van der Waals surface area contributed by atoms with Gasteiger partial charge in [-0.25, -0.2) is 0 Å². The molecule has 0 aliphatic rings. The van der Waals surface area contributed by atoms with Crippen molar-refractivity contribution in [2.45, 2.75) is 13.3 Å². The van der Waals surface area contributed by atoms with Gasteiger partial charge in [-0.15, -0.1) is 0 Å². The van der Waals surface area contributed by atoms with Crippen LogP contribution in [0.1, 0.15) is 18.9 Å². The molecule has 0 saturated carbocycles. The fraction of sp³-hybridized carbons (Fsp3) is 0.429. The van der Waals surface area contributed by atoms with Crippen LogP contribution >= 0.6 is 0 Å². The zero-order valence-corrected chi connectivity index (χ0v) is 10.7. The average Bonchev–Trinajstić information content (AvgIpc) is 2.29. The van der Waals surface area contributed by atoms with Crippen LogP contribution in [0.5, 0.6) is 0 Å². The lowest BCUT2D eigenvalue weighted by molar-refractivity contribution is 0.851. The van der Waals surface area contributed by atoms with Crippen molar-refractivity contribution in [2.24, 2.45) is 0 Å². The van der Waals surface area contributed by atoms with Gasteiger partial charge < -0.3 is 10.2 Å². The Hall–Kier alpha value is -1.28. The van der Waals surface area contributed by atoms with E-state index in [-0.39, 0.29) is 0 Å². The van der Waals surface area contributed by atoms with Crippen LogP contribution in [0.15, 0.2) is 29.8 Å². The average molecular weight is 218 g/mol. The third kappa shape index (κ3) is 3.70. The summed E-state index contributed by atoms with van der Waals surface area (Å²) in [7, 11) is 6.10. The first-order valence-electron chi connectivity index (χ1n) is 5.78. The van der Waals surface area contributed by atoms with Crippen molar-refractivity contribution < 1.29 is 0 Å². The summed E-state index contributed by atoms with van der Waals surface area (Å²) < 4.78 is 0. The molecular weight excluding hydrogens is 196 g/mol. The summed E-state index contributed by atoms with van der Waals surface area (Å²) in [5, 5.41) is 3.19. The molecule has 0 amide bonds. The number of hydrogen-bond donors (Lipinski definition) is 1. The molecule has 0 atom stereocenters. The van der Waals surface area contributed by atoms with Gasteiger partial charge in [0, 0.05) is 26.3 Å². The number of benzene rings is 1. The van der Waals surface area contributed by atoms with E-state index < -0.39 is 0 Å². The van der Waals surface area contributed by atoms with Crippen LogP contribution in [0, 0.1) is 0 Å². The molecule has 0 aromatic heterocycles. The Labute approximate surface area is 99.0 Å². The van der Waals surface area contributed by atoms with E-state index in [1.54, 1.807) is 0 Å². The second-order valence-corrected chi connectivity index (χ2v) is 4.17. The van der Waals surface area contributed by atoms with Crippen LogP contribution in [-0.4, -0.2) is 27.7 Å². The number of nitrogens with zero attached hydrogens (tertiary/aromatic N) is 1. The number of anilines is 1. The standard InChI is InChI=1S/C14H22N2/c1-5-12(11-15-2)10-13-6-8-14(9-7-13)16(3)4/h6-10,15H,5,11H2,1-4H3. The minimum absolute atomic E-state index is 0.964. The lowest BCUT2D eigenvalue weighted by atomic mass is 10.1. The molecule has 0 bridgehead atoms. The van der Waals surface area contributed by atoms with Crippen molar-refractivity contribution >= 4 is 11.8 Å². The second kappa shape index (κ2) is 6.33. The third-order valence-corrected chi connectivity index (χ3v) is 2.64. The zero-order chi connectivity index (χ0) is 12.0. The number of rotatable bonds is 5. The predicted molar refractivity (Wildman–Crippen MR) is 73.0 cm³/mol. The van der Waals surface area contributed by atoms with Gasteiger partial charge >= 0.3 is 0 Å². The molecule has 1 aromatic rings. The molecule has 2 nitrogen and oxygen atoms in total. The molecular formula is C14H22N2. The van der Waals surface area contributed by atoms with E-state index in [1.165, 1.54) is 16.8 Å². The summed E-state index contributed by atoms with van der Waals surface area (Å²) in [6.45, 7) is 3.16. The highest BCUT2D eigenvalue weighted by Gasteiger charge is 1.96. The van der Waals surface area contributed by atoms with Gasteiger partial charge in [0.15, 0.2) is 0 Å². The van der Waals surface area contributed by atoms with Gasteiger partial charge in [0.25, 0.3) is 0 Å². The van der Waals surface area contributed by atoms with Crippen molar-refractivity contribution in [3.05, 3.63) is 35.4 Å². The maximum absolute atomic E-state index is 3.19. The van der Waals surface area contributed by atoms with E-state index in [0.717, 1.165) is 13.0 Å². The highest BCUT2D eigenvalue weighted by atomic mass is 15.1. The van der Waals surface area contributed by atoms with Crippen molar-refractivity contribution in [3.63, 3.8) is 0 Å². The molecule has 16 heavy (non-hydrogen) atoms. The topological polar surface area (TPSA) is 15.3 Å². The predicted octanol–water partition coefficient (Wildman–Crippen LogP) is 2.77. The molecule has 1 rings (SSSR count). The molecule has 0 aliphatic carbocycles. The molecule has 0 saturated heterocycles. The number of likely N-dealkylation sites (N-methyl/N-ethyl adjacent to an activating group) is 1. The van der Waals surface area contributed by atoms with Gasteiger partial charge in [0.1, 0.15) is 0 Å². The summed E-state index contributed by atoms with van der Waals surface area (Å²) in [6.07, 6.45) is 3.35. The number of hydrogen-bond acceptors (Lipinski definition) is 2. The van der Waals surface area contributed by atoms with Gasteiger partial charge in [-0.1, -0.05) is 30.7 Å². The molecule has 0 heterocycles. The molecule has 0 spiro atoms. The van der Waals surface area contributed by atoms with Crippen LogP contribution in [-0.2, 0) is 0 Å². The number of nitrogens with one attached hydrogen (secondary N) is 1. The Balaban J connectivity index is 2.80. The van der Waals surface area contributed by atoms with E-state index >= 15 is 0 Å². The van der Waals surface area contributed by atoms with E-state index in [9.17, 15) is 0 Å². The molecule has 2 heteroatoms. The highest BCUT2D eigenvalue weighted by Crippen LogP contribution is 2.15. The van der Waals surface area contributed by atoms with E-state index in [0.29, 0.717) is 0 Å². The maximum Gasteiger partial charge on any atom is 0.0361 e. The summed E-state index contributed by atoms with van der Waals surface area (Å²) in [4.78, 5) is 2.11. The summed E-state index contributed by atoms with van der Waals surface area (Å²) in [6, 6.07) is 8.64. The Kier molecular flexibility index (Phi) is 5.06. The van der Waals surface area contributed by atoms with Crippen molar-refractivity contribution in [2.75, 3.05) is 32.6 Å². The third-order valence-electron chi connectivity index (χ3n) is 2.64. The summed E-state index contributed by atoms with van der Waals surface area (Å²) >= 11 is 0. The molecule has 0 fully saturated rings. The fourth-order valence-electron chi connectivity index (χ4n) is 1.61. The van der Waals surface area contributed by atoms with Crippen molar-refractivity contribution in [3.8, 4) is 0 Å². The van der Waals surface area contributed by atoms with E-state index in [1.807, 2.05) is 7.05 Å². The lowest BCUT2D eigenvalue weighted by Crippen LogP contribution is -2.10. The smallest absolute Gasteiger partial charge is 0.0361 e. The van der Waals surface area contributed by atoms with Crippen LogP contribution in [0.25, 0.3) is 6.08 Å². The Morgan fingerprint density at radius 2 is 1.88 bits per heavy atom. The summed E-state index contributed by atoms with van der Waals surface area (Å²) in [5.74, 6) is 0. The summed E-state index contributed by atoms with van der Waals surface area (Å²) in [5.41, 5.74) is 3.95. The van der Waals surface area contributed by atoms with Gasteiger partial charge in [0.2, 0.25) is 0 Å². The molecule has 0 aliphatic heterocycles. The first kappa shape index (κ1) is 12.8. The molecule has 1 aromatic carbocycles. The van der Waals surface area contributed by atoms with Crippen molar-refractivity contribution in [1.82, 2.24) is 5.32 Å². The minimum Gasteiger partial charge on any atom is -0.378 e. The first-order valence-corrected chi connectivity index (χ1v) is 5.78. The molecule has 1 N–H and O–H groups in total. The van der Waals surface area contributed by atoms with E-state index in [2.05, 4.69) is 61.6 Å². The Morgan fingerprint density at radius 1 is 1.25 bits per heavy atom. The van der Waals surface area contributed by atoms with Crippen LogP contribution in [0.3, 0.4) is 0 Å². The molecule has 0 unspecified atom stereocenters. The van der Waals surface area contributed by atoms with E-state index in [4.69, 9.17) is 0 Å². The van der Waals surface area contributed by atoms with Gasteiger partial charge in [-0.2, -0.15) is 0 Å². The monoisotopic (exact) mass is 218 g/mol. The van der Waals surface area contributed by atoms with Crippen molar-refractivity contribution in [1.29, 1.82) is 0 Å². The quantitative estimate of drug-likeness (QED) is 0.817. The first-order chi connectivity index (χ1) is 7.67. The lowest BCUT2D eigenvalue weighted by Gasteiger charge is -2.12. The van der Waals surface area contributed by atoms with Crippen LogP contribution in [0.4, 0.5) is 5.69 Å². The second-order valence-electron chi connectivity index (χ2n) is 4.17. The van der Waals surface area contributed by atoms with Crippen LogP contribution in [0.2, 0.25) is 0 Å². The maximum atomic E-state index is 3.19. The molecule has 88 valence electrons. The fourth-order valence-corrected chi connectivity index (χ4v) is 1.61. The molecule has 0 radical (unpaired) electrons. The Morgan fingerprint density at radius 3 is 2.31 bits per heavy atom. The Bertz CT molecular complexity index is 336. The minimum atomic E-state index is 0.964. The normalized spacial score (nSPS) is 11.6. The van der Waals surface area contributed by atoms with Crippen LogP contribution < -0.4 is 10.2 Å².